The summed E-state index contributed by atoms with van der Waals surface area (Å²) in [7, 11) is 0. The Hall–Kier alpha value is -1.74. The number of aliphatic carboxylic acids is 1. The van der Waals surface area contributed by atoms with Crippen LogP contribution in [0, 0.1) is 12.3 Å². The van der Waals surface area contributed by atoms with Crippen molar-refractivity contribution in [1.29, 1.82) is 0 Å². The van der Waals surface area contributed by atoms with Crippen LogP contribution in [0.1, 0.15) is 13.3 Å². The van der Waals surface area contributed by atoms with E-state index in [1.165, 1.54) is 6.92 Å². The molecular formula is C9H14N2O4. The first-order chi connectivity index (χ1) is 6.87. The van der Waals surface area contributed by atoms with Gasteiger partial charge in [0, 0.05) is 6.54 Å². The molecule has 15 heavy (non-hydrogen) atoms. The van der Waals surface area contributed by atoms with E-state index in [-0.39, 0.29) is 13.1 Å². The lowest BCUT2D eigenvalue weighted by Gasteiger charge is -2.21. The Morgan fingerprint density at radius 3 is 2.53 bits per heavy atom. The molecule has 0 rings (SSSR count). The molecule has 0 aromatic carbocycles. The number of nitrogens with one attached hydrogen (secondary N) is 2. The molecular weight excluding hydrogens is 200 g/mol. The van der Waals surface area contributed by atoms with Crippen molar-refractivity contribution in [2.45, 2.75) is 18.9 Å². The highest BCUT2D eigenvalue weighted by Gasteiger charge is 2.24. The molecule has 0 aliphatic carbocycles. The standard InChI is InChI=1S/C9H14N2O4/c1-3-4-10-8(14)11-6-9(2,15)5-7(12)13/h1,15H,4-6H2,2H3,(H,12,13)(H2,10,11,14). The van der Waals surface area contributed by atoms with Crippen LogP contribution in [-0.4, -0.2) is 40.9 Å². The van der Waals surface area contributed by atoms with Crippen molar-refractivity contribution in [3.8, 4) is 12.3 Å². The molecule has 0 bridgehead atoms. The normalized spacial score (nSPS) is 13.4. The van der Waals surface area contributed by atoms with Crippen LogP contribution >= 0.6 is 0 Å². The molecule has 6 heteroatoms. The molecule has 0 spiro atoms. The van der Waals surface area contributed by atoms with Gasteiger partial charge in [-0.15, -0.1) is 6.42 Å². The van der Waals surface area contributed by atoms with E-state index >= 15 is 0 Å². The number of amides is 2. The van der Waals surface area contributed by atoms with Crippen LogP contribution in [0.4, 0.5) is 4.79 Å². The number of carboxylic acids is 1. The number of hydrogen-bond donors (Lipinski definition) is 4. The summed E-state index contributed by atoms with van der Waals surface area (Å²) in [4.78, 5) is 21.3. The number of aliphatic hydroxyl groups is 1. The van der Waals surface area contributed by atoms with Crippen molar-refractivity contribution >= 4 is 12.0 Å². The summed E-state index contributed by atoms with van der Waals surface area (Å²) >= 11 is 0. The fourth-order valence-corrected chi connectivity index (χ4v) is 0.853. The number of carboxylic acid groups (broad SMARTS) is 1. The molecule has 1 unspecified atom stereocenters. The van der Waals surface area contributed by atoms with Gasteiger partial charge in [0.15, 0.2) is 0 Å². The van der Waals surface area contributed by atoms with E-state index in [0.717, 1.165) is 0 Å². The lowest BCUT2D eigenvalue weighted by molar-refractivity contribution is -0.141. The minimum Gasteiger partial charge on any atom is -0.481 e. The van der Waals surface area contributed by atoms with Crippen LogP contribution in [0.5, 0.6) is 0 Å². The third kappa shape index (κ3) is 7.34. The second-order valence-electron chi connectivity index (χ2n) is 3.31. The molecule has 0 aliphatic rings. The van der Waals surface area contributed by atoms with Gasteiger partial charge in [0.1, 0.15) is 0 Å². The van der Waals surface area contributed by atoms with Crippen LogP contribution in [-0.2, 0) is 4.79 Å². The maximum absolute atomic E-state index is 11.0. The van der Waals surface area contributed by atoms with Crippen LogP contribution in [0.3, 0.4) is 0 Å². The summed E-state index contributed by atoms with van der Waals surface area (Å²) in [6.07, 6.45) is 4.46. The lowest BCUT2D eigenvalue weighted by atomic mass is 10.0. The van der Waals surface area contributed by atoms with E-state index in [2.05, 4.69) is 16.6 Å². The predicted molar refractivity (Wildman–Crippen MR) is 53.1 cm³/mol. The average molecular weight is 214 g/mol. The lowest BCUT2D eigenvalue weighted by Crippen LogP contribution is -2.45. The first-order valence-corrected chi connectivity index (χ1v) is 4.27. The summed E-state index contributed by atoms with van der Waals surface area (Å²) in [6, 6.07) is -0.543. The fraction of sp³-hybridized carbons (Fsp3) is 0.556. The number of rotatable bonds is 5. The van der Waals surface area contributed by atoms with Gasteiger partial charge >= 0.3 is 12.0 Å². The number of terminal acetylenes is 1. The molecule has 0 heterocycles. The summed E-state index contributed by atoms with van der Waals surface area (Å²) in [6.45, 7) is 1.24. The maximum Gasteiger partial charge on any atom is 0.315 e. The summed E-state index contributed by atoms with van der Waals surface area (Å²) in [5.74, 6) is 1.07. The van der Waals surface area contributed by atoms with Gasteiger partial charge in [0.2, 0.25) is 0 Å². The zero-order valence-electron chi connectivity index (χ0n) is 8.41. The molecule has 4 N–H and O–H groups in total. The quantitative estimate of drug-likeness (QED) is 0.448. The number of carbonyl (C=O) groups is 2. The van der Waals surface area contributed by atoms with Gasteiger partial charge in [-0.25, -0.2) is 4.79 Å². The molecule has 1 atom stereocenters. The van der Waals surface area contributed by atoms with Crippen molar-refractivity contribution in [2.24, 2.45) is 0 Å². The van der Waals surface area contributed by atoms with Gasteiger partial charge in [-0.2, -0.15) is 0 Å². The molecule has 0 fully saturated rings. The van der Waals surface area contributed by atoms with E-state index < -0.39 is 24.0 Å². The first kappa shape index (κ1) is 13.3. The Bertz CT molecular complexity index is 280. The Morgan fingerprint density at radius 2 is 2.07 bits per heavy atom. The largest absolute Gasteiger partial charge is 0.481 e. The van der Waals surface area contributed by atoms with Crippen LogP contribution in [0.25, 0.3) is 0 Å². The Kier molecular flexibility index (Phi) is 5.20. The third-order valence-electron chi connectivity index (χ3n) is 1.51. The number of urea groups is 1. The molecule has 0 saturated carbocycles. The third-order valence-corrected chi connectivity index (χ3v) is 1.51. The molecule has 0 aromatic heterocycles. The average Bonchev–Trinajstić information content (AvgIpc) is 2.09. The fourth-order valence-electron chi connectivity index (χ4n) is 0.853. The van der Waals surface area contributed by atoms with E-state index in [4.69, 9.17) is 11.5 Å². The zero-order chi connectivity index (χ0) is 11.9. The van der Waals surface area contributed by atoms with Crippen LogP contribution < -0.4 is 10.6 Å². The first-order valence-electron chi connectivity index (χ1n) is 4.27. The topological polar surface area (TPSA) is 98.7 Å². The molecule has 0 radical (unpaired) electrons. The van der Waals surface area contributed by atoms with Crippen LogP contribution in [0.15, 0.2) is 0 Å². The molecule has 6 nitrogen and oxygen atoms in total. The van der Waals surface area contributed by atoms with Crippen LogP contribution in [0.2, 0.25) is 0 Å². The van der Waals surface area contributed by atoms with Gasteiger partial charge < -0.3 is 20.8 Å². The van der Waals surface area contributed by atoms with E-state index in [9.17, 15) is 14.7 Å². The van der Waals surface area contributed by atoms with Gasteiger partial charge in [0.05, 0.1) is 18.6 Å². The predicted octanol–water partition coefficient (Wildman–Crippen LogP) is -0.855. The van der Waals surface area contributed by atoms with E-state index in [1.807, 2.05) is 0 Å². The molecule has 0 aromatic rings. The molecule has 84 valence electrons. The second kappa shape index (κ2) is 5.88. The smallest absolute Gasteiger partial charge is 0.315 e. The van der Waals surface area contributed by atoms with Gasteiger partial charge in [-0.3, -0.25) is 4.79 Å². The zero-order valence-corrected chi connectivity index (χ0v) is 8.41. The Balaban J connectivity index is 3.88. The summed E-state index contributed by atoms with van der Waals surface area (Å²) < 4.78 is 0. The monoisotopic (exact) mass is 214 g/mol. The van der Waals surface area contributed by atoms with Crippen molar-refractivity contribution in [1.82, 2.24) is 10.6 Å². The highest BCUT2D eigenvalue weighted by molar-refractivity contribution is 5.74. The molecule has 0 aliphatic heterocycles. The van der Waals surface area contributed by atoms with Crippen molar-refractivity contribution in [3.05, 3.63) is 0 Å². The SMILES string of the molecule is C#CCNC(=O)NCC(C)(O)CC(=O)O. The van der Waals surface area contributed by atoms with E-state index in [0.29, 0.717) is 0 Å². The van der Waals surface area contributed by atoms with E-state index in [1.54, 1.807) is 0 Å². The molecule has 2 amide bonds. The summed E-state index contributed by atoms with van der Waals surface area (Å²) in [5, 5.41) is 22.6. The minimum absolute atomic E-state index is 0.0763. The van der Waals surface area contributed by atoms with Crippen molar-refractivity contribution in [3.63, 3.8) is 0 Å². The number of hydrogen-bond acceptors (Lipinski definition) is 3. The number of carbonyl (C=O) groups excluding carboxylic acids is 1. The van der Waals surface area contributed by atoms with Gasteiger partial charge in [-0.1, -0.05) is 5.92 Å². The Labute approximate surface area is 87.7 Å². The summed E-state index contributed by atoms with van der Waals surface area (Å²) in [5.41, 5.74) is -1.47. The van der Waals surface area contributed by atoms with Crippen molar-refractivity contribution in [2.75, 3.05) is 13.1 Å². The van der Waals surface area contributed by atoms with Crippen molar-refractivity contribution < 1.29 is 19.8 Å². The molecule has 0 saturated heterocycles. The second-order valence-corrected chi connectivity index (χ2v) is 3.31. The highest BCUT2D eigenvalue weighted by Crippen LogP contribution is 2.06. The maximum atomic E-state index is 11.0. The van der Waals surface area contributed by atoms with Gasteiger partial charge in [0.25, 0.3) is 0 Å². The minimum atomic E-state index is -1.47. The Morgan fingerprint density at radius 1 is 1.47 bits per heavy atom. The highest BCUT2D eigenvalue weighted by atomic mass is 16.4. The van der Waals surface area contributed by atoms with Gasteiger partial charge in [-0.05, 0) is 6.92 Å².